The van der Waals surface area contributed by atoms with E-state index in [0.717, 1.165) is 5.56 Å². The lowest BCUT2D eigenvalue weighted by molar-refractivity contribution is -0.131. The van der Waals surface area contributed by atoms with Gasteiger partial charge in [-0.2, -0.15) is 0 Å². The van der Waals surface area contributed by atoms with E-state index >= 15 is 0 Å². The molecular weight excluding hydrogens is 248 g/mol. The van der Waals surface area contributed by atoms with Crippen LogP contribution in [0.4, 0.5) is 5.69 Å². The summed E-state index contributed by atoms with van der Waals surface area (Å²) in [5.41, 5.74) is 5.62. The van der Waals surface area contributed by atoms with Crippen LogP contribution in [0.1, 0.15) is 12.0 Å². The van der Waals surface area contributed by atoms with Gasteiger partial charge in [0, 0.05) is 19.2 Å². The molecule has 0 bridgehead atoms. The van der Waals surface area contributed by atoms with Crippen molar-refractivity contribution in [2.24, 2.45) is 5.73 Å². The summed E-state index contributed by atoms with van der Waals surface area (Å²) in [6.45, 7) is 2.12. The summed E-state index contributed by atoms with van der Waals surface area (Å²) in [7, 11) is 0. The average molecular weight is 262 g/mol. The number of aromatic nitrogens is 1. The van der Waals surface area contributed by atoms with Crippen LogP contribution in [0.15, 0.2) is 12.3 Å². The molecule has 2 amide bonds. The van der Waals surface area contributed by atoms with E-state index in [1.807, 2.05) is 6.92 Å². The van der Waals surface area contributed by atoms with E-state index in [-0.39, 0.29) is 18.9 Å². The maximum absolute atomic E-state index is 12.2. The summed E-state index contributed by atoms with van der Waals surface area (Å²) in [5, 5.41) is 5.68. The number of carbonyl (C=O) groups excluding carboxylic acids is 2. The Bertz CT molecular complexity index is 574. The van der Waals surface area contributed by atoms with Crippen LogP contribution >= 0.6 is 0 Å². The van der Waals surface area contributed by atoms with Crippen molar-refractivity contribution in [3.05, 3.63) is 17.8 Å². The molecule has 7 nitrogen and oxygen atoms in total. The van der Waals surface area contributed by atoms with E-state index in [9.17, 15) is 9.59 Å². The lowest BCUT2D eigenvalue weighted by Crippen LogP contribution is -2.52. The van der Waals surface area contributed by atoms with E-state index in [1.54, 1.807) is 12.3 Å². The van der Waals surface area contributed by atoms with Crippen molar-refractivity contribution in [3.8, 4) is 5.88 Å². The molecule has 3 rings (SSSR count). The van der Waals surface area contributed by atoms with E-state index in [0.29, 0.717) is 11.6 Å². The summed E-state index contributed by atoms with van der Waals surface area (Å²) in [6, 6.07) is 1.24. The van der Waals surface area contributed by atoms with Crippen LogP contribution in [0, 0.1) is 6.92 Å². The highest BCUT2D eigenvalue weighted by molar-refractivity contribution is 6.01. The first-order chi connectivity index (χ1) is 9.00. The highest BCUT2D eigenvalue weighted by atomic mass is 16.5. The van der Waals surface area contributed by atoms with Crippen LogP contribution in [-0.2, 0) is 9.59 Å². The lowest BCUT2D eigenvalue weighted by atomic mass is 9.97. The van der Waals surface area contributed by atoms with Gasteiger partial charge in [-0.15, -0.1) is 0 Å². The minimum atomic E-state index is -1.10. The van der Waals surface area contributed by atoms with Crippen LogP contribution in [-0.4, -0.2) is 35.0 Å². The number of anilines is 1. The fourth-order valence-corrected chi connectivity index (χ4v) is 2.41. The molecule has 1 fully saturated rings. The van der Waals surface area contributed by atoms with Gasteiger partial charge in [0.15, 0.2) is 0 Å². The van der Waals surface area contributed by atoms with Crippen LogP contribution < -0.4 is 21.1 Å². The van der Waals surface area contributed by atoms with Gasteiger partial charge in [0.1, 0.15) is 5.69 Å². The number of rotatable bonds is 1. The van der Waals surface area contributed by atoms with Crippen molar-refractivity contribution in [3.63, 3.8) is 0 Å². The van der Waals surface area contributed by atoms with E-state index < -0.39 is 17.6 Å². The zero-order valence-electron chi connectivity index (χ0n) is 10.4. The van der Waals surface area contributed by atoms with Crippen molar-refractivity contribution < 1.29 is 14.3 Å². The lowest BCUT2D eigenvalue weighted by Gasteiger charge is -2.33. The number of hydrogen-bond acceptors (Lipinski definition) is 5. The van der Waals surface area contributed by atoms with Crippen molar-refractivity contribution in [1.29, 1.82) is 0 Å². The molecule has 7 heteroatoms. The smallest absolute Gasteiger partial charge is 0.270 e. The fraction of sp³-hybridized carbons (Fsp3) is 0.417. The Morgan fingerprint density at radius 3 is 3.11 bits per heavy atom. The fourth-order valence-electron chi connectivity index (χ4n) is 2.41. The molecule has 1 spiro atoms. The van der Waals surface area contributed by atoms with Gasteiger partial charge in [-0.05, 0) is 18.6 Å². The van der Waals surface area contributed by atoms with Gasteiger partial charge in [-0.1, -0.05) is 0 Å². The Kier molecular flexibility index (Phi) is 2.46. The molecule has 0 aliphatic carbocycles. The first kappa shape index (κ1) is 11.9. The van der Waals surface area contributed by atoms with Gasteiger partial charge in [0.2, 0.25) is 17.4 Å². The summed E-state index contributed by atoms with van der Waals surface area (Å²) < 4.78 is 5.73. The highest BCUT2D eigenvalue weighted by Crippen LogP contribution is 2.36. The topological polar surface area (TPSA) is 106 Å². The third-order valence-electron chi connectivity index (χ3n) is 3.45. The number of aryl methyl sites for hydroxylation is 1. The normalized spacial score (nSPS) is 28.7. The highest BCUT2D eigenvalue weighted by Gasteiger charge is 2.52. The van der Waals surface area contributed by atoms with Gasteiger partial charge in [-0.3, -0.25) is 9.59 Å². The molecular formula is C12H14N4O3. The predicted molar refractivity (Wildman–Crippen MR) is 66.6 cm³/mol. The number of hydrogen-bond donors (Lipinski definition) is 3. The second kappa shape index (κ2) is 3.92. The zero-order valence-corrected chi connectivity index (χ0v) is 10.4. The molecule has 0 saturated carbocycles. The number of nitrogens with two attached hydrogens (primary N) is 1. The largest absolute Gasteiger partial charge is 0.458 e. The first-order valence-corrected chi connectivity index (χ1v) is 6.00. The van der Waals surface area contributed by atoms with Crippen molar-refractivity contribution in [2.45, 2.75) is 25.0 Å². The first-order valence-electron chi connectivity index (χ1n) is 6.00. The van der Waals surface area contributed by atoms with Gasteiger partial charge in [0.25, 0.3) is 5.91 Å². The van der Waals surface area contributed by atoms with Gasteiger partial charge >= 0.3 is 0 Å². The van der Waals surface area contributed by atoms with Crippen LogP contribution in [0.3, 0.4) is 0 Å². The van der Waals surface area contributed by atoms with Crippen LogP contribution in [0.2, 0.25) is 0 Å². The molecule has 2 atom stereocenters. The molecule has 1 saturated heterocycles. The van der Waals surface area contributed by atoms with E-state index in [1.165, 1.54) is 0 Å². The molecule has 2 aliphatic rings. The zero-order chi connectivity index (χ0) is 13.6. The third-order valence-corrected chi connectivity index (χ3v) is 3.45. The maximum atomic E-state index is 12.2. The standard InChI is InChI=1S/C12H14N4O3/c1-6-2-7-10(14-4-6)19-12(11(18)16-7)3-8(9(13)17)15-5-12/h2,4,8,15H,3,5H2,1H3,(H2,13,17)(H,16,18)/t8-,12?/m0/s1. The van der Waals surface area contributed by atoms with E-state index in [2.05, 4.69) is 15.6 Å². The van der Waals surface area contributed by atoms with Crippen LogP contribution in [0.5, 0.6) is 5.88 Å². The molecule has 100 valence electrons. The maximum Gasteiger partial charge on any atom is 0.270 e. The second-order valence-electron chi connectivity index (χ2n) is 4.96. The van der Waals surface area contributed by atoms with Gasteiger partial charge in [0.05, 0.1) is 6.04 Å². The summed E-state index contributed by atoms with van der Waals surface area (Å²) in [6.07, 6.45) is 1.88. The minimum Gasteiger partial charge on any atom is -0.458 e. The van der Waals surface area contributed by atoms with Crippen LogP contribution in [0.25, 0.3) is 0 Å². The number of nitrogens with one attached hydrogen (secondary N) is 2. The van der Waals surface area contributed by atoms with Crippen molar-refractivity contribution >= 4 is 17.5 Å². The third kappa shape index (κ3) is 1.82. The number of fused-ring (bicyclic) bond motifs is 1. The molecule has 1 aromatic rings. The molecule has 19 heavy (non-hydrogen) atoms. The van der Waals surface area contributed by atoms with E-state index in [4.69, 9.17) is 10.5 Å². The number of nitrogens with zero attached hydrogens (tertiary/aromatic N) is 1. The molecule has 0 radical (unpaired) electrons. The minimum absolute atomic E-state index is 0.211. The van der Waals surface area contributed by atoms with Crippen molar-refractivity contribution in [1.82, 2.24) is 10.3 Å². The predicted octanol–water partition coefficient (Wildman–Crippen LogP) is -0.693. The number of primary amides is 1. The summed E-state index contributed by atoms with van der Waals surface area (Å²) in [5.74, 6) is -0.392. The summed E-state index contributed by atoms with van der Waals surface area (Å²) >= 11 is 0. The second-order valence-corrected chi connectivity index (χ2v) is 4.96. The average Bonchev–Trinajstić information content (AvgIpc) is 2.77. The monoisotopic (exact) mass is 262 g/mol. The Morgan fingerprint density at radius 1 is 1.63 bits per heavy atom. The Morgan fingerprint density at radius 2 is 2.42 bits per heavy atom. The Labute approximate surface area is 109 Å². The Hall–Kier alpha value is -2.15. The SMILES string of the molecule is Cc1cnc2c(c1)NC(=O)C1(CN[C@H](C(N)=O)C1)O2. The summed E-state index contributed by atoms with van der Waals surface area (Å²) in [4.78, 5) is 27.5. The molecule has 3 heterocycles. The molecule has 2 aliphatic heterocycles. The molecule has 1 unspecified atom stereocenters. The molecule has 1 aromatic heterocycles. The number of ether oxygens (including phenoxy) is 1. The number of pyridine rings is 1. The molecule has 0 aromatic carbocycles. The van der Waals surface area contributed by atoms with Crippen molar-refractivity contribution in [2.75, 3.05) is 11.9 Å². The Balaban J connectivity index is 1.92. The van der Waals surface area contributed by atoms with Gasteiger partial charge < -0.3 is 21.1 Å². The number of amides is 2. The quantitative estimate of drug-likeness (QED) is 0.621. The van der Waals surface area contributed by atoms with Gasteiger partial charge in [-0.25, -0.2) is 4.98 Å². The number of carbonyl (C=O) groups is 2. The molecule has 4 N–H and O–H groups in total.